The van der Waals surface area contributed by atoms with Gasteiger partial charge in [0.1, 0.15) is 5.82 Å². The topological polar surface area (TPSA) is 27.7 Å². The maximum atomic E-state index is 14.6. The highest BCUT2D eigenvalue weighted by Gasteiger charge is 2.26. The lowest BCUT2D eigenvalue weighted by Gasteiger charge is -2.29. The molecule has 0 saturated carbocycles. The number of hydrogen-bond donors (Lipinski definition) is 0. The van der Waals surface area contributed by atoms with Crippen LogP contribution in [0.25, 0.3) is 11.1 Å². The Balaban J connectivity index is 1.80. The van der Waals surface area contributed by atoms with E-state index in [4.69, 9.17) is 14.2 Å². The summed E-state index contributed by atoms with van der Waals surface area (Å²) in [7, 11) is 0. The lowest BCUT2D eigenvalue weighted by atomic mass is 9.96. The zero-order chi connectivity index (χ0) is 19.4. The first-order valence-electron chi connectivity index (χ1n) is 9.18. The van der Waals surface area contributed by atoms with E-state index in [1.165, 1.54) is 18.2 Å². The molecule has 2 aromatic rings. The van der Waals surface area contributed by atoms with Crippen molar-refractivity contribution in [3.8, 4) is 16.9 Å². The van der Waals surface area contributed by atoms with Gasteiger partial charge in [0.2, 0.25) is 5.82 Å². The van der Waals surface area contributed by atoms with Crippen molar-refractivity contribution in [1.82, 2.24) is 0 Å². The molecule has 0 amide bonds. The monoisotopic (exact) mass is 380 g/mol. The van der Waals surface area contributed by atoms with E-state index >= 15 is 0 Å². The van der Waals surface area contributed by atoms with Crippen LogP contribution in [0.1, 0.15) is 38.4 Å². The van der Waals surface area contributed by atoms with E-state index in [-0.39, 0.29) is 35.7 Å². The maximum absolute atomic E-state index is 14.6. The van der Waals surface area contributed by atoms with Gasteiger partial charge in [-0.25, -0.2) is 8.78 Å². The third-order valence-electron chi connectivity index (χ3n) is 4.64. The van der Waals surface area contributed by atoms with Crippen LogP contribution in [0.15, 0.2) is 30.3 Å². The van der Waals surface area contributed by atoms with Gasteiger partial charge in [-0.15, -0.1) is 0 Å². The van der Waals surface area contributed by atoms with Crippen molar-refractivity contribution in [1.29, 1.82) is 0 Å². The first kappa shape index (κ1) is 19.7. The Labute approximate surface area is 157 Å². The van der Waals surface area contributed by atoms with Crippen LogP contribution in [0.5, 0.6) is 5.75 Å². The molecule has 1 aliphatic heterocycles. The van der Waals surface area contributed by atoms with Gasteiger partial charge in [0, 0.05) is 17.7 Å². The van der Waals surface area contributed by atoms with Crippen LogP contribution < -0.4 is 4.74 Å². The molecule has 1 aliphatic rings. The molecule has 1 saturated heterocycles. The quantitative estimate of drug-likeness (QED) is 0.669. The maximum Gasteiger partial charge on any atom is 0.201 e. The van der Waals surface area contributed by atoms with Gasteiger partial charge < -0.3 is 14.2 Å². The van der Waals surface area contributed by atoms with E-state index < -0.39 is 17.5 Å². The Morgan fingerprint density at radius 3 is 2.44 bits per heavy atom. The fraction of sp³-hybridized carbons (Fsp3) is 0.429. The van der Waals surface area contributed by atoms with Gasteiger partial charge in [-0.2, -0.15) is 4.39 Å². The van der Waals surface area contributed by atoms with Gasteiger partial charge >= 0.3 is 0 Å². The molecular weight excluding hydrogens is 357 g/mol. The van der Waals surface area contributed by atoms with Crippen molar-refractivity contribution in [2.45, 2.75) is 38.9 Å². The molecule has 27 heavy (non-hydrogen) atoms. The minimum atomic E-state index is -1.07. The van der Waals surface area contributed by atoms with E-state index in [9.17, 15) is 13.2 Å². The van der Waals surface area contributed by atoms with E-state index in [1.54, 1.807) is 19.1 Å². The molecule has 0 spiro atoms. The summed E-state index contributed by atoms with van der Waals surface area (Å²) in [4.78, 5) is 0. The average molecular weight is 380 g/mol. The smallest absolute Gasteiger partial charge is 0.201 e. The fourth-order valence-corrected chi connectivity index (χ4v) is 3.32. The summed E-state index contributed by atoms with van der Waals surface area (Å²) in [5.74, 6) is -2.78. The molecule has 2 unspecified atom stereocenters. The summed E-state index contributed by atoms with van der Waals surface area (Å²) in [6.45, 7) is 4.87. The van der Waals surface area contributed by atoms with E-state index in [0.717, 1.165) is 6.42 Å². The van der Waals surface area contributed by atoms with Crippen LogP contribution in [-0.4, -0.2) is 25.9 Å². The van der Waals surface area contributed by atoms with Gasteiger partial charge in [0.25, 0.3) is 0 Å². The lowest BCUT2D eigenvalue weighted by molar-refractivity contribution is -0.0849. The number of rotatable bonds is 6. The molecule has 3 nitrogen and oxygen atoms in total. The van der Waals surface area contributed by atoms with Crippen LogP contribution in [0.4, 0.5) is 13.2 Å². The number of halogens is 3. The largest absolute Gasteiger partial charge is 0.491 e. The summed E-state index contributed by atoms with van der Waals surface area (Å²) < 4.78 is 59.4. The minimum Gasteiger partial charge on any atom is -0.491 e. The second-order valence-corrected chi connectivity index (χ2v) is 6.39. The molecule has 1 heterocycles. The van der Waals surface area contributed by atoms with Crippen molar-refractivity contribution >= 4 is 0 Å². The van der Waals surface area contributed by atoms with Crippen molar-refractivity contribution in [2.24, 2.45) is 0 Å². The number of hydrogen-bond acceptors (Lipinski definition) is 3. The summed E-state index contributed by atoms with van der Waals surface area (Å²) in [5, 5.41) is 0. The predicted octanol–water partition coefficient (Wildman–Crippen LogP) is 5.43. The lowest BCUT2D eigenvalue weighted by Crippen LogP contribution is -2.27. The second-order valence-electron chi connectivity index (χ2n) is 6.39. The molecule has 6 heteroatoms. The average Bonchev–Trinajstić information content (AvgIpc) is 2.67. The number of ether oxygens (including phenoxy) is 3. The highest BCUT2D eigenvalue weighted by molar-refractivity contribution is 5.66. The Hall–Kier alpha value is -2.05. The van der Waals surface area contributed by atoms with Gasteiger partial charge in [-0.05, 0) is 50.5 Å². The summed E-state index contributed by atoms with van der Waals surface area (Å²) in [5.41, 5.74) is 0.668. The van der Waals surface area contributed by atoms with Crippen molar-refractivity contribution in [2.75, 3.05) is 19.8 Å². The van der Waals surface area contributed by atoms with Crippen LogP contribution in [0, 0.1) is 17.5 Å². The van der Waals surface area contributed by atoms with Crippen molar-refractivity contribution in [3.05, 3.63) is 53.3 Å². The fourth-order valence-electron chi connectivity index (χ4n) is 3.32. The Morgan fingerprint density at radius 2 is 1.81 bits per heavy atom. The Bertz CT molecular complexity index is 786. The van der Waals surface area contributed by atoms with Gasteiger partial charge in [-0.3, -0.25) is 0 Å². The van der Waals surface area contributed by atoms with Crippen LogP contribution in [0.2, 0.25) is 0 Å². The molecule has 146 valence electrons. The molecule has 1 fully saturated rings. The molecule has 0 N–H and O–H groups in total. The highest BCUT2D eigenvalue weighted by atomic mass is 19.2. The molecule has 3 rings (SSSR count). The highest BCUT2D eigenvalue weighted by Crippen LogP contribution is 2.34. The van der Waals surface area contributed by atoms with Gasteiger partial charge in [0.05, 0.1) is 25.4 Å². The van der Waals surface area contributed by atoms with Gasteiger partial charge in [-0.1, -0.05) is 12.1 Å². The summed E-state index contributed by atoms with van der Waals surface area (Å²) in [6.07, 6.45) is 1.11. The van der Waals surface area contributed by atoms with Crippen LogP contribution in [0.3, 0.4) is 0 Å². The third kappa shape index (κ3) is 4.28. The second kappa shape index (κ2) is 8.76. The third-order valence-corrected chi connectivity index (χ3v) is 4.64. The molecule has 0 bridgehead atoms. The molecule has 2 atom stereocenters. The van der Waals surface area contributed by atoms with Crippen molar-refractivity contribution < 1.29 is 27.4 Å². The first-order valence-corrected chi connectivity index (χ1v) is 9.18. The summed E-state index contributed by atoms with van der Waals surface area (Å²) >= 11 is 0. The number of benzene rings is 2. The van der Waals surface area contributed by atoms with Crippen LogP contribution >= 0.6 is 0 Å². The first-order chi connectivity index (χ1) is 13.0. The standard InChI is InChI=1S/C21H23F3O3/c1-3-25-14-6-9-18(27-12-14)16-7-5-13(11-17(16)22)15-8-10-19(26-4-2)21(24)20(15)23/h5,7-8,10-11,14,18H,3-4,6,9,12H2,1-2H3. The minimum absolute atomic E-state index is 0.0117. The molecular formula is C21H23F3O3. The van der Waals surface area contributed by atoms with Crippen LogP contribution in [-0.2, 0) is 9.47 Å². The molecule has 0 radical (unpaired) electrons. The Kier molecular flexibility index (Phi) is 6.39. The summed E-state index contributed by atoms with van der Waals surface area (Å²) in [6, 6.07) is 7.10. The normalized spacial score (nSPS) is 19.9. The molecule has 0 aromatic heterocycles. The molecule has 0 aliphatic carbocycles. The van der Waals surface area contributed by atoms with E-state index in [2.05, 4.69) is 0 Å². The predicted molar refractivity (Wildman–Crippen MR) is 96.3 cm³/mol. The molecule has 2 aromatic carbocycles. The zero-order valence-electron chi connectivity index (χ0n) is 15.4. The van der Waals surface area contributed by atoms with E-state index in [1.807, 2.05) is 6.92 Å². The zero-order valence-corrected chi connectivity index (χ0v) is 15.4. The van der Waals surface area contributed by atoms with E-state index in [0.29, 0.717) is 25.2 Å². The van der Waals surface area contributed by atoms with Gasteiger partial charge in [0.15, 0.2) is 11.6 Å². The SMILES string of the molecule is CCOc1ccc(-c2ccc(C3CCC(OCC)CO3)c(F)c2)c(F)c1F. The van der Waals surface area contributed by atoms with Crippen molar-refractivity contribution in [3.63, 3.8) is 0 Å². The Morgan fingerprint density at radius 1 is 1.00 bits per heavy atom.